The molecule has 0 saturated heterocycles. The van der Waals surface area contributed by atoms with Gasteiger partial charge in [0.1, 0.15) is 16.6 Å². The van der Waals surface area contributed by atoms with Crippen molar-refractivity contribution in [3.8, 4) is 5.75 Å². The lowest BCUT2D eigenvalue weighted by Gasteiger charge is -2.17. The number of sulfonamides is 1. The second-order valence-corrected chi connectivity index (χ2v) is 8.56. The predicted molar refractivity (Wildman–Crippen MR) is 88.5 cm³/mol. The fraction of sp³-hybridized carbons (Fsp3) is 0.286. The second-order valence-electron chi connectivity index (χ2n) is 4.55. The SMILES string of the molecule is Cc1cccc(OCCN(C)S(=O)(=O)c2sccc2Br)c1. The average Bonchev–Trinajstić information content (AvgIpc) is 2.85. The number of ether oxygens (including phenoxy) is 1. The standard InChI is InChI=1S/C14H16BrNO3S2/c1-11-4-3-5-12(10-11)19-8-7-16(2)21(17,18)14-13(15)6-9-20-14/h3-6,9-10H,7-8H2,1-2H3. The third-order valence-corrected chi connectivity index (χ3v) is 7.40. The van der Waals surface area contributed by atoms with Crippen LogP contribution in [0.1, 0.15) is 5.56 Å². The third kappa shape index (κ3) is 4.06. The summed E-state index contributed by atoms with van der Waals surface area (Å²) in [6.45, 7) is 2.58. The number of nitrogens with zero attached hydrogens (tertiary/aromatic N) is 1. The highest BCUT2D eigenvalue weighted by atomic mass is 79.9. The predicted octanol–water partition coefficient (Wildman–Crippen LogP) is 3.52. The largest absolute Gasteiger partial charge is 0.492 e. The van der Waals surface area contributed by atoms with Crippen molar-refractivity contribution in [3.63, 3.8) is 0 Å². The molecule has 0 atom stereocenters. The molecular weight excluding hydrogens is 374 g/mol. The first-order valence-corrected chi connectivity index (χ1v) is 9.41. The van der Waals surface area contributed by atoms with Gasteiger partial charge in [0.2, 0.25) is 0 Å². The summed E-state index contributed by atoms with van der Waals surface area (Å²) in [5, 5.41) is 1.74. The van der Waals surface area contributed by atoms with Gasteiger partial charge in [-0.1, -0.05) is 12.1 Å². The normalized spacial score (nSPS) is 11.8. The lowest BCUT2D eigenvalue weighted by Crippen LogP contribution is -2.30. The Morgan fingerprint density at radius 3 is 2.71 bits per heavy atom. The lowest BCUT2D eigenvalue weighted by molar-refractivity contribution is 0.287. The van der Waals surface area contributed by atoms with Crippen LogP contribution in [0.4, 0.5) is 0 Å². The average molecular weight is 390 g/mol. The van der Waals surface area contributed by atoms with Crippen molar-refractivity contribution in [2.75, 3.05) is 20.2 Å². The summed E-state index contributed by atoms with van der Waals surface area (Å²) in [4.78, 5) is 0. The Morgan fingerprint density at radius 2 is 2.10 bits per heavy atom. The molecule has 0 saturated carbocycles. The Kier molecular flexibility index (Phi) is 5.43. The smallest absolute Gasteiger partial charge is 0.253 e. The summed E-state index contributed by atoms with van der Waals surface area (Å²) in [6, 6.07) is 9.40. The zero-order valence-electron chi connectivity index (χ0n) is 11.7. The first kappa shape index (κ1) is 16.5. The van der Waals surface area contributed by atoms with Crippen LogP contribution >= 0.6 is 27.3 Å². The maximum absolute atomic E-state index is 12.4. The van der Waals surface area contributed by atoms with Crippen LogP contribution in [0.15, 0.2) is 44.4 Å². The lowest BCUT2D eigenvalue weighted by atomic mass is 10.2. The van der Waals surface area contributed by atoms with Gasteiger partial charge in [0.25, 0.3) is 10.0 Å². The minimum Gasteiger partial charge on any atom is -0.492 e. The van der Waals surface area contributed by atoms with Crippen molar-refractivity contribution < 1.29 is 13.2 Å². The van der Waals surface area contributed by atoms with Crippen molar-refractivity contribution in [1.29, 1.82) is 0 Å². The second kappa shape index (κ2) is 6.91. The Labute approximate surface area is 137 Å². The first-order chi connectivity index (χ1) is 9.91. The molecule has 0 aliphatic carbocycles. The van der Waals surface area contributed by atoms with E-state index in [1.54, 1.807) is 18.5 Å². The number of hydrogen-bond donors (Lipinski definition) is 0. The number of benzene rings is 1. The van der Waals surface area contributed by atoms with Crippen LogP contribution in [0.3, 0.4) is 0 Å². The topological polar surface area (TPSA) is 46.6 Å². The van der Waals surface area contributed by atoms with E-state index in [1.807, 2.05) is 31.2 Å². The summed E-state index contributed by atoms with van der Waals surface area (Å²) >= 11 is 4.46. The molecule has 1 aromatic heterocycles. The van der Waals surface area contributed by atoms with Gasteiger partial charge in [-0.3, -0.25) is 0 Å². The van der Waals surface area contributed by atoms with Gasteiger partial charge >= 0.3 is 0 Å². The van der Waals surface area contributed by atoms with Crippen LogP contribution in [-0.2, 0) is 10.0 Å². The van der Waals surface area contributed by atoms with Gasteiger partial charge in [0, 0.05) is 18.1 Å². The van der Waals surface area contributed by atoms with Crippen molar-refractivity contribution in [2.24, 2.45) is 0 Å². The molecule has 0 aliphatic heterocycles. The van der Waals surface area contributed by atoms with E-state index >= 15 is 0 Å². The molecule has 1 heterocycles. The molecule has 114 valence electrons. The molecule has 2 aromatic rings. The Bertz CT molecular complexity index is 713. The van der Waals surface area contributed by atoms with Gasteiger partial charge in [-0.05, 0) is 52.0 Å². The molecule has 2 rings (SSSR count). The molecule has 0 amide bonds. The van der Waals surface area contributed by atoms with E-state index in [2.05, 4.69) is 15.9 Å². The van der Waals surface area contributed by atoms with Gasteiger partial charge in [-0.25, -0.2) is 8.42 Å². The van der Waals surface area contributed by atoms with Crippen molar-refractivity contribution >= 4 is 37.3 Å². The van der Waals surface area contributed by atoms with Crippen molar-refractivity contribution in [2.45, 2.75) is 11.1 Å². The van der Waals surface area contributed by atoms with Gasteiger partial charge in [0.15, 0.2) is 0 Å². The van der Waals surface area contributed by atoms with E-state index in [4.69, 9.17) is 4.74 Å². The Morgan fingerprint density at radius 1 is 1.33 bits per heavy atom. The summed E-state index contributed by atoms with van der Waals surface area (Å²) in [5.74, 6) is 0.748. The summed E-state index contributed by atoms with van der Waals surface area (Å²) in [7, 11) is -1.91. The zero-order valence-corrected chi connectivity index (χ0v) is 15.0. The molecule has 0 aliphatic rings. The minimum absolute atomic E-state index is 0.292. The number of aryl methyl sites for hydroxylation is 1. The van der Waals surface area contributed by atoms with Crippen LogP contribution in [0.25, 0.3) is 0 Å². The quantitative estimate of drug-likeness (QED) is 0.758. The molecule has 0 bridgehead atoms. The Balaban J connectivity index is 1.96. The van der Waals surface area contributed by atoms with E-state index in [0.29, 0.717) is 21.8 Å². The highest BCUT2D eigenvalue weighted by molar-refractivity contribution is 9.10. The van der Waals surface area contributed by atoms with Crippen LogP contribution in [0.5, 0.6) is 5.75 Å². The van der Waals surface area contributed by atoms with E-state index in [0.717, 1.165) is 11.3 Å². The van der Waals surface area contributed by atoms with Gasteiger partial charge in [-0.2, -0.15) is 4.31 Å². The van der Waals surface area contributed by atoms with E-state index < -0.39 is 10.0 Å². The minimum atomic E-state index is -3.46. The molecule has 7 heteroatoms. The maximum atomic E-state index is 12.4. The Hall–Kier alpha value is -0.890. The molecular formula is C14H16BrNO3S2. The molecule has 0 N–H and O–H groups in total. The number of rotatable bonds is 6. The molecule has 1 aromatic carbocycles. The number of hydrogen-bond acceptors (Lipinski definition) is 4. The number of halogens is 1. The summed E-state index contributed by atoms with van der Waals surface area (Å²) < 4.78 is 32.5. The van der Waals surface area contributed by atoms with E-state index in [9.17, 15) is 8.42 Å². The number of likely N-dealkylation sites (N-methyl/N-ethyl adjacent to an activating group) is 1. The molecule has 0 fully saturated rings. The molecule has 21 heavy (non-hydrogen) atoms. The van der Waals surface area contributed by atoms with Crippen LogP contribution in [0.2, 0.25) is 0 Å². The van der Waals surface area contributed by atoms with Crippen molar-refractivity contribution in [1.82, 2.24) is 4.31 Å². The molecule has 0 spiro atoms. The third-order valence-electron chi connectivity index (χ3n) is 2.89. The molecule has 0 radical (unpaired) electrons. The maximum Gasteiger partial charge on any atom is 0.253 e. The van der Waals surface area contributed by atoms with Gasteiger partial charge in [0.05, 0.1) is 0 Å². The van der Waals surface area contributed by atoms with Crippen LogP contribution in [0, 0.1) is 6.92 Å². The monoisotopic (exact) mass is 389 g/mol. The van der Waals surface area contributed by atoms with Crippen molar-refractivity contribution in [3.05, 3.63) is 45.7 Å². The highest BCUT2D eigenvalue weighted by Gasteiger charge is 2.24. The molecule has 0 unspecified atom stereocenters. The molecule has 4 nitrogen and oxygen atoms in total. The van der Waals surface area contributed by atoms with Gasteiger partial charge < -0.3 is 4.74 Å². The summed E-state index contributed by atoms with van der Waals surface area (Å²) in [5.41, 5.74) is 1.11. The fourth-order valence-electron chi connectivity index (χ4n) is 1.72. The van der Waals surface area contributed by atoms with Gasteiger partial charge in [-0.15, -0.1) is 11.3 Å². The zero-order chi connectivity index (χ0) is 15.5. The van der Waals surface area contributed by atoms with E-state index in [-0.39, 0.29) is 0 Å². The fourth-order valence-corrected chi connectivity index (χ4v) is 5.38. The number of thiophene rings is 1. The van der Waals surface area contributed by atoms with Crippen LogP contribution in [-0.4, -0.2) is 32.9 Å². The summed E-state index contributed by atoms with van der Waals surface area (Å²) in [6.07, 6.45) is 0. The highest BCUT2D eigenvalue weighted by Crippen LogP contribution is 2.29. The van der Waals surface area contributed by atoms with E-state index in [1.165, 1.54) is 15.6 Å². The van der Waals surface area contributed by atoms with Crippen LogP contribution < -0.4 is 4.74 Å². The first-order valence-electron chi connectivity index (χ1n) is 6.30.